The van der Waals surface area contributed by atoms with E-state index < -0.39 is 0 Å². The molecule has 2 aromatic heterocycles. The number of nitrogen functional groups attached to an aromatic ring is 1. The van der Waals surface area contributed by atoms with Crippen LogP contribution < -0.4 is 11.2 Å². The lowest BCUT2D eigenvalue weighted by molar-refractivity contribution is 0.557. The van der Waals surface area contributed by atoms with Gasteiger partial charge in [0.25, 0.3) is 0 Å². The third kappa shape index (κ3) is 1.39. The highest BCUT2D eigenvalue weighted by Gasteiger charge is 2.24. The van der Waals surface area contributed by atoms with Crippen molar-refractivity contribution in [2.45, 2.75) is 26.2 Å². The number of nitrogens with zero attached hydrogens (tertiary/aromatic N) is 2. The molecule has 0 aliphatic carbocycles. The van der Waals surface area contributed by atoms with Crippen molar-refractivity contribution in [3.05, 3.63) is 22.1 Å². The number of anilines is 1. The van der Waals surface area contributed by atoms with Crippen LogP contribution in [0.5, 0.6) is 0 Å². The van der Waals surface area contributed by atoms with Gasteiger partial charge in [-0.05, 0) is 0 Å². The molecular formula is C11H16N4O. The van der Waals surface area contributed by atoms with Gasteiger partial charge in [0.15, 0.2) is 0 Å². The molecule has 0 fully saturated rings. The largest absolute Gasteiger partial charge is 0.394 e. The molecule has 2 aromatic rings. The van der Waals surface area contributed by atoms with E-state index in [4.69, 9.17) is 5.73 Å². The van der Waals surface area contributed by atoms with E-state index in [1.807, 2.05) is 27.8 Å². The minimum absolute atomic E-state index is 0.147. The van der Waals surface area contributed by atoms with Gasteiger partial charge in [-0.2, -0.15) is 5.10 Å². The van der Waals surface area contributed by atoms with Crippen LogP contribution in [0.4, 0.5) is 5.69 Å². The molecule has 2 heterocycles. The first-order valence-corrected chi connectivity index (χ1v) is 5.16. The second kappa shape index (κ2) is 3.10. The third-order valence-corrected chi connectivity index (χ3v) is 2.61. The summed E-state index contributed by atoms with van der Waals surface area (Å²) in [5, 5.41) is 4.99. The molecule has 0 radical (unpaired) electrons. The fourth-order valence-electron chi connectivity index (χ4n) is 1.79. The smallest absolute Gasteiger partial charge is 0.215 e. The minimum Gasteiger partial charge on any atom is -0.394 e. The van der Waals surface area contributed by atoms with Crippen molar-refractivity contribution in [2.75, 3.05) is 5.73 Å². The van der Waals surface area contributed by atoms with E-state index in [-0.39, 0.29) is 16.5 Å². The van der Waals surface area contributed by atoms with Crippen LogP contribution in [0, 0.1) is 0 Å². The van der Waals surface area contributed by atoms with Gasteiger partial charge in [0.2, 0.25) is 5.43 Å². The van der Waals surface area contributed by atoms with Gasteiger partial charge in [-0.1, -0.05) is 20.8 Å². The van der Waals surface area contributed by atoms with Crippen LogP contribution >= 0.6 is 0 Å². The first-order valence-electron chi connectivity index (χ1n) is 5.16. The average molecular weight is 220 g/mol. The molecule has 16 heavy (non-hydrogen) atoms. The second-order valence-electron chi connectivity index (χ2n) is 5.02. The quantitative estimate of drug-likeness (QED) is 0.699. The Morgan fingerprint density at radius 2 is 2.06 bits per heavy atom. The van der Waals surface area contributed by atoms with Crippen molar-refractivity contribution >= 4 is 16.7 Å². The van der Waals surface area contributed by atoms with Gasteiger partial charge in [0.05, 0.1) is 16.8 Å². The number of H-pyrrole nitrogens is 1. The Morgan fingerprint density at radius 3 is 2.62 bits per heavy atom. The maximum atomic E-state index is 12.0. The third-order valence-electron chi connectivity index (χ3n) is 2.61. The summed E-state index contributed by atoms with van der Waals surface area (Å²) in [5.74, 6) is 0. The summed E-state index contributed by atoms with van der Waals surface area (Å²) in [6.07, 6.45) is 1.51. The Kier molecular flexibility index (Phi) is 2.08. The molecule has 0 aromatic carbocycles. The molecule has 3 N–H and O–H groups in total. The molecule has 0 aliphatic rings. The molecular weight excluding hydrogens is 204 g/mol. The van der Waals surface area contributed by atoms with Crippen molar-refractivity contribution in [1.29, 1.82) is 0 Å². The van der Waals surface area contributed by atoms with Crippen molar-refractivity contribution in [3.8, 4) is 0 Å². The number of pyridine rings is 1. The van der Waals surface area contributed by atoms with Crippen molar-refractivity contribution < 1.29 is 0 Å². The van der Waals surface area contributed by atoms with Crippen molar-refractivity contribution in [3.63, 3.8) is 0 Å². The minimum atomic E-state index is -0.180. The summed E-state index contributed by atoms with van der Waals surface area (Å²) in [6.45, 7) is 6.08. The van der Waals surface area contributed by atoms with Gasteiger partial charge in [-0.3, -0.25) is 9.48 Å². The average Bonchev–Trinajstić information content (AvgIpc) is 2.50. The van der Waals surface area contributed by atoms with Crippen LogP contribution in [0.2, 0.25) is 0 Å². The fourth-order valence-corrected chi connectivity index (χ4v) is 1.79. The lowest BCUT2D eigenvalue weighted by Crippen LogP contribution is -2.17. The van der Waals surface area contributed by atoms with E-state index in [2.05, 4.69) is 10.1 Å². The summed E-state index contributed by atoms with van der Waals surface area (Å²) in [4.78, 5) is 15.0. The van der Waals surface area contributed by atoms with E-state index in [1.54, 1.807) is 4.68 Å². The van der Waals surface area contributed by atoms with E-state index in [1.165, 1.54) is 6.20 Å². The molecule has 86 valence electrons. The predicted octanol–water partition coefficient (Wildman–Crippen LogP) is 1.14. The summed E-state index contributed by atoms with van der Waals surface area (Å²) in [6, 6.07) is 0. The molecule has 2 rings (SSSR count). The molecule has 0 unspecified atom stereocenters. The second-order valence-corrected chi connectivity index (χ2v) is 5.02. The number of aromatic amines is 1. The number of fused-ring (bicyclic) bond motifs is 1. The Hall–Kier alpha value is -1.78. The van der Waals surface area contributed by atoms with Crippen molar-refractivity contribution in [2.24, 2.45) is 7.05 Å². The zero-order valence-corrected chi connectivity index (χ0v) is 9.96. The van der Waals surface area contributed by atoms with E-state index in [0.29, 0.717) is 11.0 Å². The molecule has 0 atom stereocenters. The van der Waals surface area contributed by atoms with E-state index in [9.17, 15) is 4.79 Å². The number of nitrogens with one attached hydrogen (secondary N) is 1. The van der Waals surface area contributed by atoms with Crippen LogP contribution in [0.3, 0.4) is 0 Å². The van der Waals surface area contributed by atoms with Gasteiger partial charge in [-0.25, -0.2) is 0 Å². The molecule has 0 bridgehead atoms. The Bertz CT molecular complexity index is 601. The highest BCUT2D eigenvalue weighted by Crippen LogP contribution is 2.26. The Labute approximate surface area is 93.3 Å². The summed E-state index contributed by atoms with van der Waals surface area (Å²) in [7, 11) is 1.81. The number of hydrogen-bond acceptors (Lipinski definition) is 3. The zero-order chi connectivity index (χ0) is 12.1. The molecule has 0 aliphatic heterocycles. The first kappa shape index (κ1) is 10.7. The standard InChI is InChI=1S/C11H16N4O/c1-11(2,3)9-7-8(16)6(12)5-13-10(7)15(4)14-9/h5H,12H2,1-4H3,(H,13,16). The fraction of sp³-hybridized carbons (Fsp3) is 0.455. The zero-order valence-electron chi connectivity index (χ0n) is 9.96. The number of aromatic nitrogens is 3. The first-order chi connectivity index (χ1) is 7.32. The maximum Gasteiger partial charge on any atom is 0.215 e. The molecule has 5 heteroatoms. The normalized spacial score (nSPS) is 12.2. The number of hydrogen-bond donors (Lipinski definition) is 2. The van der Waals surface area contributed by atoms with Gasteiger partial charge >= 0.3 is 0 Å². The monoisotopic (exact) mass is 220 g/mol. The molecule has 0 amide bonds. The SMILES string of the molecule is Cn1nc(C(C)(C)C)c2c(=O)c(N)c[nH]c21. The van der Waals surface area contributed by atoms with Crippen molar-refractivity contribution in [1.82, 2.24) is 14.8 Å². The number of aryl methyl sites for hydroxylation is 1. The topological polar surface area (TPSA) is 76.7 Å². The van der Waals surface area contributed by atoms with E-state index >= 15 is 0 Å². The maximum absolute atomic E-state index is 12.0. The molecule has 0 saturated heterocycles. The number of rotatable bonds is 0. The van der Waals surface area contributed by atoms with Crippen LogP contribution in [0.1, 0.15) is 26.5 Å². The Morgan fingerprint density at radius 1 is 1.44 bits per heavy atom. The van der Waals surface area contributed by atoms with E-state index in [0.717, 1.165) is 5.69 Å². The summed E-state index contributed by atoms with van der Waals surface area (Å²) in [5.41, 5.74) is 7.02. The molecule has 0 saturated carbocycles. The van der Waals surface area contributed by atoms with Gasteiger partial charge < -0.3 is 10.7 Å². The van der Waals surface area contributed by atoms with Gasteiger partial charge in [0.1, 0.15) is 5.65 Å². The Balaban J connectivity index is 2.98. The predicted molar refractivity (Wildman–Crippen MR) is 64.4 cm³/mol. The van der Waals surface area contributed by atoms with Crippen LogP contribution in [0.15, 0.2) is 11.0 Å². The van der Waals surface area contributed by atoms with Gasteiger partial charge in [0, 0.05) is 18.7 Å². The highest BCUT2D eigenvalue weighted by atomic mass is 16.1. The van der Waals surface area contributed by atoms with Crippen LogP contribution in [0.25, 0.3) is 11.0 Å². The molecule has 5 nitrogen and oxygen atoms in total. The van der Waals surface area contributed by atoms with Crippen LogP contribution in [-0.4, -0.2) is 14.8 Å². The lowest BCUT2D eigenvalue weighted by Gasteiger charge is -2.14. The summed E-state index contributed by atoms with van der Waals surface area (Å²) >= 11 is 0. The molecule has 0 spiro atoms. The van der Waals surface area contributed by atoms with Crippen LogP contribution in [-0.2, 0) is 12.5 Å². The highest BCUT2D eigenvalue weighted by molar-refractivity contribution is 5.81. The summed E-state index contributed by atoms with van der Waals surface area (Å²) < 4.78 is 1.68. The number of nitrogens with two attached hydrogens (primary N) is 1. The lowest BCUT2D eigenvalue weighted by atomic mass is 9.90. The van der Waals surface area contributed by atoms with Gasteiger partial charge in [-0.15, -0.1) is 0 Å².